The first kappa shape index (κ1) is 15.0. The van der Waals surface area contributed by atoms with Crippen LogP contribution < -0.4 is 21.3 Å². The highest BCUT2D eigenvalue weighted by Crippen LogP contribution is 2.31. The van der Waals surface area contributed by atoms with Gasteiger partial charge in [-0.3, -0.25) is 10.1 Å². The summed E-state index contributed by atoms with van der Waals surface area (Å²) in [5.74, 6) is 0.403. The van der Waals surface area contributed by atoms with E-state index in [0.29, 0.717) is 31.9 Å². The van der Waals surface area contributed by atoms with Crippen molar-refractivity contribution in [2.75, 3.05) is 23.7 Å². The lowest BCUT2D eigenvalue weighted by Gasteiger charge is -2.38. The summed E-state index contributed by atoms with van der Waals surface area (Å²) >= 11 is 0. The molecule has 1 aromatic heterocycles. The Morgan fingerprint density at radius 1 is 1.43 bits per heavy atom. The molecule has 1 atom stereocenters. The van der Waals surface area contributed by atoms with E-state index in [1.807, 2.05) is 11.0 Å². The van der Waals surface area contributed by atoms with Gasteiger partial charge in [0, 0.05) is 13.1 Å². The number of rotatable bonds is 2. The number of carbonyl (C=O) groups excluding carboxylic acids is 2. The number of nitrogens with one attached hydrogen (secondary N) is 2. The molecule has 2 saturated heterocycles. The largest absolute Gasteiger partial charge is 0.382 e. The van der Waals surface area contributed by atoms with Crippen LogP contribution in [0.3, 0.4) is 0 Å². The standard InChI is InChI=1S/C14H17N7O2/c1-14(11(22)19-13(23)20-14)9-2-4-21(5-3-9)12-17-7-8(6-15)10(16)18-12/h7,9H,2-5H2,1H3,(H2,16,17,18)(H2,19,20,22,23). The summed E-state index contributed by atoms with van der Waals surface area (Å²) in [6.07, 6.45) is 2.84. The van der Waals surface area contributed by atoms with Gasteiger partial charge in [-0.05, 0) is 25.7 Å². The van der Waals surface area contributed by atoms with Gasteiger partial charge < -0.3 is 16.0 Å². The van der Waals surface area contributed by atoms with Gasteiger partial charge in [0.15, 0.2) is 0 Å². The Balaban J connectivity index is 1.69. The third-order valence-corrected chi connectivity index (χ3v) is 4.59. The average Bonchev–Trinajstić information content (AvgIpc) is 2.81. The number of amides is 3. The van der Waals surface area contributed by atoms with E-state index >= 15 is 0 Å². The molecular weight excluding hydrogens is 298 g/mol. The number of anilines is 2. The number of nitriles is 1. The van der Waals surface area contributed by atoms with Gasteiger partial charge in [-0.2, -0.15) is 10.2 Å². The van der Waals surface area contributed by atoms with Crippen molar-refractivity contribution in [3.8, 4) is 6.07 Å². The molecule has 0 saturated carbocycles. The molecule has 120 valence electrons. The van der Waals surface area contributed by atoms with Crippen LogP contribution in [-0.4, -0.2) is 40.5 Å². The molecule has 0 bridgehead atoms. The number of hydrogen-bond acceptors (Lipinski definition) is 7. The highest BCUT2D eigenvalue weighted by molar-refractivity contribution is 6.06. The maximum atomic E-state index is 12.0. The zero-order valence-corrected chi connectivity index (χ0v) is 12.7. The Bertz CT molecular complexity index is 706. The maximum Gasteiger partial charge on any atom is 0.322 e. The van der Waals surface area contributed by atoms with Crippen LogP contribution in [0.4, 0.5) is 16.6 Å². The second kappa shape index (κ2) is 5.39. The second-order valence-electron chi connectivity index (χ2n) is 5.95. The number of carbonyl (C=O) groups is 2. The number of aromatic nitrogens is 2. The van der Waals surface area contributed by atoms with Crippen molar-refractivity contribution in [3.05, 3.63) is 11.8 Å². The van der Waals surface area contributed by atoms with Gasteiger partial charge in [-0.15, -0.1) is 0 Å². The third kappa shape index (κ3) is 2.52. The van der Waals surface area contributed by atoms with Crippen LogP contribution in [0.1, 0.15) is 25.3 Å². The highest BCUT2D eigenvalue weighted by atomic mass is 16.2. The zero-order valence-electron chi connectivity index (χ0n) is 12.7. The van der Waals surface area contributed by atoms with Crippen molar-refractivity contribution >= 4 is 23.7 Å². The van der Waals surface area contributed by atoms with E-state index in [2.05, 4.69) is 20.6 Å². The predicted molar refractivity (Wildman–Crippen MR) is 81.2 cm³/mol. The molecule has 1 aromatic rings. The molecule has 0 aromatic carbocycles. The Morgan fingerprint density at radius 3 is 2.65 bits per heavy atom. The van der Waals surface area contributed by atoms with Crippen molar-refractivity contribution in [3.63, 3.8) is 0 Å². The minimum atomic E-state index is -0.867. The van der Waals surface area contributed by atoms with Gasteiger partial charge in [-0.1, -0.05) is 0 Å². The molecule has 2 fully saturated rings. The van der Waals surface area contributed by atoms with Crippen molar-refractivity contribution in [2.24, 2.45) is 5.92 Å². The lowest BCUT2D eigenvalue weighted by Crippen LogP contribution is -2.54. The van der Waals surface area contributed by atoms with Gasteiger partial charge in [-0.25, -0.2) is 9.78 Å². The number of urea groups is 1. The van der Waals surface area contributed by atoms with E-state index in [9.17, 15) is 9.59 Å². The minimum absolute atomic E-state index is 0.0425. The zero-order chi connectivity index (χ0) is 16.6. The van der Waals surface area contributed by atoms with Crippen molar-refractivity contribution < 1.29 is 9.59 Å². The normalized spacial score (nSPS) is 25.0. The van der Waals surface area contributed by atoms with Gasteiger partial charge in [0.2, 0.25) is 5.95 Å². The highest BCUT2D eigenvalue weighted by Gasteiger charge is 2.48. The summed E-state index contributed by atoms with van der Waals surface area (Å²) in [6.45, 7) is 3.05. The fraction of sp³-hybridized carbons (Fsp3) is 0.500. The van der Waals surface area contributed by atoms with Crippen LogP contribution in [0, 0.1) is 17.2 Å². The third-order valence-electron chi connectivity index (χ3n) is 4.59. The monoisotopic (exact) mass is 315 g/mol. The van der Waals surface area contributed by atoms with E-state index in [0.717, 1.165) is 0 Å². The van der Waals surface area contributed by atoms with E-state index in [1.165, 1.54) is 6.20 Å². The molecule has 0 spiro atoms. The summed E-state index contributed by atoms with van der Waals surface area (Å²) in [6, 6.07) is 1.49. The van der Waals surface area contributed by atoms with Crippen LogP contribution in [0.15, 0.2) is 6.20 Å². The van der Waals surface area contributed by atoms with E-state index in [-0.39, 0.29) is 23.2 Å². The summed E-state index contributed by atoms with van der Waals surface area (Å²) in [5, 5.41) is 13.9. The molecule has 3 rings (SSSR count). The lowest BCUT2D eigenvalue weighted by molar-refractivity contribution is -0.125. The number of nitrogen functional groups attached to an aromatic ring is 1. The Labute approximate surface area is 132 Å². The number of imide groups is 1. The smallest absolute Gasteiger partial charge is 0.322 e. The predicted octanol–water partition coefficient (Wildman–Crippen LogP) is -0.255. The molecule has 3 heterocycles. The average molecular weight is 315 g/mol. The topological polar surface area (TPSA) is 137 Å². The first-order valence-electron chi connectivity index (χ1n) is 7.35. The van der Waals surface area contributed by atoms with Gasteiger partial charge in [0.1, 0.15) is 23.0 Å². The maximum absolute atomic E-state index is 12.0. The van der Waals surface area contributed by atoms with E-state index in [4.69, 9.17) is 11.0 Å². The molecule has 9 nitrogen and oxygen atoms in total. The Kier molecular flexibility index (Phi) is 3.52. The number of hydrogen-bond donors (Lipinski definition) is 3. The van der Waals surface area contributed by atoms with Crippen LogP contribution in [0.25, 0.3) is 0 Å². The van der Waals surface area contributed by atoms with Crippen molar-refractivity contribution in [2.45, 2.75) is 25.3 Å². The van der Waals surface area contributed by atoms with Crippen molar-refractivity contribution in [1.82, 2.24) is 20.6 Å². The summed E-state index contributed by atoms with van der Waals surface area (Å²) in [4.78, 5) is 33.7. The summed E-state index contributed by atoms with van der Waals surface area (Å²) < 4.78 is 0. The van der Waals surface area contributed by atoms with E-state index in [1.54, 1.807) is 6.92 Å². The first-order valence-corrected chi connectivity index (χ1v) is 7.35. The van der Waals surface area contributed by atoms with Crippen LogP contribution >= 0.6 is 0 Å². The molecule has 2 aliphatic heterocycles. The quantitative estimate of drug-likeness (QED) is 0.640. The lowest BCUT2D eigenvalue weighted by atomic mass is 9.79. The molecule has 4 N–H and O–H groups in total. The fourth-order valence-corrected chi connectivity index (χ4v) is 3.12. The number of nitrogens with zero attached hydrogens (tertiary/aromatic N) is 4. The molecule has 9 heteroatoms. The van der Waals surface area contributed by atoms with Crippen LogP contribution in [0.5, 0.6) is 0 Å². The van der Waals surface area contributed by atoms with Gasteiger partial charge in [0.05, 0.1) is 6.20 Å². The molecule has 0 aliphatic carbocycles. The Hall–Kier alpha value is -2.89. The Morgan fingerprint density at radius 2 is 2.13 bits per heavy atom. The van der Waals surface area contributed by atoms with Crippen LogP contribution in [-0.2, 0) is 4.79 Å². The number of piperidine rings is 1. The molecule has 23 heavy (non-hydrogen) atoms. The van der Waals surface area contributed by atoms with Crippen LogP contribution in [0.2, 0.25) is 0 Å². The molecule has 1 unspecified atom stereocenters. The van der Waals surface area contributed by atoms with Crippen molar-refractivity contribution in [1.29, 1.82) is 5.26 Å². The second-order valence-corrected chi connectivity index (χ2v) is 5.95. The fourth-order valence-electron chi connectivity index (χ4n) is 3.12. The molecular formula is C14H17N7O2. The summed E-state index contributed by atoms with van der Waals surface area (Å²) in [7, 11) is 0. The molecule has 0 radical (unpaired) electrons. The number of nitrogens with two attached hydrogens (primary N) is 1. The molecule has 3 amide bonds. The van der Waals surface area contributed by atoms with Gasteiger partial charge in [0.25, 0.3) is 5.91 Å². The molecule has 2 aliphatic rings. The minimum Gasteiger partial charge on any atom is -0.382 e. The SMILES string of the molecule is CC1(C2CCN(c3ncc(C#N)c(N)n3)CC2)NC(=O)NC1=O. The summed E-state index contributed by atoms with van der Waals surface area (Å²) in [5.41, 5.74) is 5.10. The van der Waals surface area contributed by atoms with Gasteiger partial charge >= 0.3 is 6.03 Å². The first-order chi connectivity index (χ1) is 10.9. The van der Waals surface area contributed by atoms with E-state index < -0.39 is 11.6 Å².